The number of ether oxygens (including phenoxy) is 1. The molecule has 0 bridgehead atoms. The molecular weight excluding hydrogens is 216 g/mol. The van der Waals surface area contributed by atoms with Crippen LogP contribution >= 0.6 is 0 Å². The van der Waals surface area contributed by atoms with Crippen LogP contribution < -0.4 is 15.4 Å². The van der Waals surface area contributed by atoms with Gasteiger partial charge in [-0.25, -0.2) is 4.98 Å². The summed E-state index contributed by atoms with van der Waals surface area (Å²) >= 11 is 0. The van der Waals surface area contributed by atoms with Crippen molar-refractivity contribution in [3.8, 4) is 5.88 Å². The summed E-state index contributed by atoms with van der Waals surface area (Å²) in [6, 6.07) is 0.571. The van der Waals surface area contributed by atoms with Crippen LogP contribution in [0.25, 0.3) is 0 Å². The highest BCUT2D eigenvalue weighted by atomic mass is 16.5. The van der Waals surface area contributed by atoms with Gasteiger partial charge in [0.1, 0.15) is 0 Å². The van der Waals surface area contributed by atoms with E-state index >= 15 is 0 Å². The van der Waals surface area contributed by atoms with Crippen LogP contribution in [-0.2, 0) is 12.8 Å². The Morgan fingerprint density at radius 1 is 1.24 bits per heavy atom. The average Bonchev–Trinajstić information content (AvgIpc) is 3.14. The third-order valence-electron chi connectivity index (χ3n) is 3.25. The first-order valence-corrected chi connectivity index (χ1v) is 6.28. The zero-order chi connectivity index (χ0) is 11.7. The second kappa shape index (κ2) is 4.49. The molecule has 2 heterocycles. The number of nitrogens with one attached hydrogen (secondary N) is 2. The van der Waals surface area contributed by atoms with E-state index in [0.717, 1.165) is 43.5 Å². The Morgan fingerprint density at radius 3 is 2.82 bits per heavy atom. The van der Waals surface area contributed by atoms with E-state index in [0.29, 0.717) is 6.04 Å². The SMILES string of the molecule is COc1nc(NC2CC2)nc2c1CCNCC2. The van der Waals surface area contributed by atoms with Crippen molar-refractivity contribution in [1.29, 1.82) is 0 Å². The van der Waals surface area contributed by atoms with Gasteiger partial charge in [0.2, 0.25) is 11.8 Å². The average molecular weight is 234 g/mol. The van der Waals surface area contributed by atoms with Crippen LogP contribution in [0.15, 0.2) is 0 Å². The largest absolute Gasteiger partial charge is 0.481 e. The quantitative estimate of drug-likeness (QED) is 0.808. The van der Waals surface area contributed by atoms with Gasteiger partial charge in [0.25, 0.3) is 0 Å². The fourth-order valence-corrected chi connectivity index (χ4v) is 2.15. The Hall–Kier alpha value is -1.36. The molecule has 0 radical (unpaired) electrons. The van der Waals surface area contributed by atoms with Crippen LogP contribution in [0.4, 0.5) is 5.95 Å². The number of anilines is 1. The van der Waals surface area contributed by atoms with Gasteiger partial charge in [0.05, 0.1) is 12.8 Å². The van der Waals surface area contributed by atoms with Crippen molar-refractivity contribution >= 4 is 5.95 Å². The monoisotopic (exact) mass is 234 g/mol. The molecule has 5 nitrogen and oxygen atoms in total. The first-order valence-electron chi connectivity index (χ1n) is 6.28. The molecule has 0 amide bonds. The molecule has 1 aliphatic heterocycles. The van der Waals surface area contributed by atoms with Crippen molar-refractivity contribution < 1.29 is 4.74 Å². The lowest BCUT2D eigenvalue weighted by atomic mass is 10.1. The van der Waals surface area contributed by atoms with Gasteiger partial charge in [-0.05, 0) is 25.8 Å². The fraction of sp³-hybridized carbons (Fsp3) is 0.667. The molecular formula is C12H18N4O. The summed E-state index contributed by atoms with van der Waals surface area (Å²) in [6.45, 7) is 1.96. The Balaban J connectivity index is 1.93. The number of aromatic nitrogens is 2. The molecule has 92 valence electrons. The summed E-state index contributed by atoms with van der Waals surface area (Å²) in [7, 11) is 1.68. The smallest absolute Gasteiger partial charge is 0.226 e. The normalized spacial score (nSPS) is 19.4. The van der Waals surface area contributed by atoms with Crippen LogP contribution in [-0.4, -0.2) is 36.2 Å². The van der Waals surface area contributed by atoms with Crippen LogP contribution in [0.2, 0.25) is 0 Å². The van der Waals surface area contributed by atoms with E-state index in [9.17, 15) is 0 Å². The maximum Gasteiger partial charge on any atom is 0.226 e. The predicted octanol–water partition coefficient (Wildman–Crippen LogP) is 0.748. The number of hydrogen-bond donors (Lipinski definition) is 2. The van der Waals surface area contributed by atoms with Gasteiger partial charge in [0, 0.05) is 24.6 Å². The van der Waals surface area contributed by atoms with Crippen molar-refractivity contribution in [2.75, 3.05) is 25.5 Å². The molecule has 17 heavy (non-hydrogen) atoms. The highest BCUT2D eigenvalue weighted by molar-refractivity contribution is 5.40. The molecule has 0 spiro atoms. The number of fused-ring (bicyclic) bond motifs is 1. The van der Waals surface area contributed by atoms with Crippen molar-refractivity contribution in [2.45, 2.75) is 31.7 Å². The van der Waals surface area contributed by atoms with Gasteiger partial charge in [-0.1, -0.05) is 0 Å². The fourth-order valence-electron chi connectivity index (χ4n) is 2.15. The summed E-state index contributed by atoms with van der Waals surface area (Å²) in [5.41, 5.74) is 2.30. The number of hydrogen-bond acceptors (Lipinski definition) is 5. The van der Waals surface area contributed by atoms with Crippen molar-refractivity contribution in [1.82, 2.24) is 15.3 Å². The second-order valence-electron chi connectivity index (χ2n) is 4.65. The maximum absolute atomic E-state index is 5.39. The van der Waals surface area contributed by atoms with Crippen LogP contribution in [0.3, 0.4) is 0 Å². The molecule has 1 aromatic rings. The Morgan fingerprint density at radius 2 is 2.06 bits per heavy atom. The molecule has 1 aromatic heterocycles. The van der Waals surface area contributed by atoms with Crippen molar-refractivity contribution in [3.05, 3.63) is 11.3 Å². The lowest BCUT2D eigenvalue weighted by Gasteiger charge is -2.12. The highest BCUT2D eigenvalue weighted by Crippen LogP contribution is 2.27. The van der Waals surface area contributed by atoms with Gasteiger partial charge >= 0.3 is 0 Å². The number of nitrogens with zero attached hydrogens (tertiary/aromatic N) is 2. The number of rotatable bonds is 3. The minimum Gasteiger partial charge on any atom is -0.481 e. The minimum atomic E-state index is 0.571. The molecule has 5 heteroatoms. The minimum absolute atomic E-state index is 0.571. The third-order valence-corrected chi connectivity index (χ3v) is 3.25. The summed E-state index contributed by atoms with van der Waals surface area (Å²) < 4.78 is 5.39. The summed E-state index contributed by atoms with van der Waals surface area (Å²) in [5.74, 6) is 1.46. The molecule has 2 N–H and O–H groups in total. The summed E-state index contributed by atoms with van der Waals surface area (Å²) in [5, 5.41) is 6.71. The van der Waals surface area contributed by atoms with E-state index in [1.54, 1.807) is 7.11 Å². The molecule has 3 rings (SSSR count). The van der Waals surface area contributed by atoms with Crippen LogP contribution in [0.1, 0.15) is 24.1 Å². The molecule has 1 aliphatic carbocycles. The molecule has 0 saturated heterocycles. The standard InChI is InChI=1S/C12H18N4O/c1-17-11-9-4-6-13-7-5-10(9)15-12(16-11)14-8-2-3-8/h8,13H,2-7H2,1H3,(H,14,15,16). The zero-order valence-corrected chi connectivity index (χ0v) is 10.1. The Labute approximate surface area is 101 Å². The van der Waals surface area contributed by atoms with E-state index in [1.165, 1.54) is 18.4 Å². The lowest BCUT2D eigenvalue weighted by molar-refractivity contribution is 0.391. The van der Waals surface area contributed by atoms with Gasteiger partial charge in [0.15, 0.2) is 0 Å². The highest BCUT2D eigenvalue weighted by Gasteiger charge is 2.24. The first kappa shape index (κ1) is 10.8. The molecule has 0 aromatic carbocycles. The zero-order valence-electron chi connectivity index (χ0n) is 10.1. The van der Waals surface area contributed by atoms with E-state index < -0.39 is 0 Å². The Kier molecular flexibility index (Phi) is 2.84. The van der Waals surface area contributed by atoms with E-state index in [4.69, 9.17) is 4.74 Å². The molecule has 2 aliphatic rings. The topological polar surface area (TPSA) is 59.1 Å². The second-order valence-corrected chi connectivity index (χ2v) is 4.65. The molecule has 1 saturated carbocycles. The van der Waals surface area contributed by atoms with Gasteiger partial charge in [-0.15, -0.1) is 0 Å². The molecule has 0 atom stereocenters. The molecule has 0 unspecified atom stereocenters. The van der Waals surface area contributed by atoms with Gasteiger partial charge < -0.3 is 15.4 Å². The van der Waals surface area contributed by atoms with Crippen LogP contribution in [0.5, 0.6) is 5.88 Å². The van der Waals surface area contributed by atoms with E-state index in [-0.39, 0.29) is 0 Å². The Bertz CT molecular complexity index is 417. The molecule has 1 fully saturated rings. The van der Waals surface area contributed by atoms with E-state index in [1.807, 2.05) is 0 Å². The lowest BCUT2D eigenvalue weighted by Crippen LogP contribution is -2.16. The maximum atomic E-state index is 5.39. The number of methoxy groups -OCH3 is 1. The van der Waals surface area contributed by atoms with Gasteiger partial charge in [-0.3, -0.25) is 0 Å². The van der Waals surface area contributed by atoms with E-state index in [2.05, 4.69) is 20.6 Å². The van der Waals surface area contributed by atoms with Crippen LogP contribution in [0, 0.1) is 0 Å². The first-order chi connectivity index (χ1) is 8.36. The van der Waals surface area contributed by atoms with Crippen molar-refractivity contribution in [2.24, 2.45) is 0 Å². The summed E-state index contributed by atoms with van der Waals surface area (Å²) in [6.07, 6.45) is 4.35. The van der Waals surface area contributed by atoms with Crippen molar-refractivity contribution in [3.63, 3.8) is 0 Å². The predicted molar refractivity (Wildman–Crippen MR) is 65.5 cm³/mol. The van der Waals surface area contributed by atoms with Gasteiger partial charge in [-0.2, -0.15) is 4.98 Å². The summed E-state index contributed by atoms with van der Waals surface area (Å²) in [4.78, 5) is 9.07. The third kappa shape index (κ3) is 2.34.